The van der Waals surface area contributed by atoms with E-state index in [0.717, 1.165) is 12.4 Å². The number of hydrazine groups is 1. The number of hydrogen-bond donors (Lipinski definition) is 3. The smallest absolute Gasteiger partial charge is 0.145 e. The Bertz CT molecular complexity index is 308. The lowest BCUT2D eigenvalue weighted by atomic mass is 10.2. The van der Waals surface area contributed by atoms with Gasteiger partial charge in [0.15, 0.2) is 0 Å². The molecule has 0 amide bonds. The van der Waals surface area contributed by atoms with E-state index in [1.54, 1.807) is 6.07 Å². The molecule has 0 aliphatic carbocycles. The molecule has 4 N–H and O–H groups in total. The fourth-order valence-electron chi connectivity index (χ4n) is 1.47. The van der Waals surface area contributed by atoms with Crippen LogP contribution in [0.3, 0.4) is 0 Å². The van der Waals surface area contributed by atoms with Crippen LogP contribution in [0.4, 0.5) is 11.6 Å². The minimum Gasteiger partial charge on any atom is -0.370 e. The molecule has 0 bridgehead atoms. The van der Waals surface area contributed by atoms with E-state index in [9.17, 15) is 0 Å². The third-order valence-electron chi connectivity index (χ3n) is 2.40. The molecule has 0 aliphatic heterocycles. The quantitative estimate of drug-likeness (QED) is 0.356. The Morgan fingerprint density at radius 1 is 1.18 bits per heavy atom. The highest BCUT2D eigenvalue weighted by Crippen LogP contribution is 2.08. The topological polar surface area (TPSA) is 75.9 Å². The van der Waals surface area contributed by atoms with E-state index in [2.05, 4.69) is 27.0 Å². The van der Waals surface area contributed by atoms with Gasteiger partial charge in [-0.2, -0.15) is 11.8 Å². The highest BCUT2D eigenvalue weighted by molar-refractivity contribution is 7.98. The predicted octanol–water partition coefficient (Wildman–Crippen LogP) is 2.10. The summed E-state index contributed by atoms with van der Waals surface area (Å²) in [5.41, 5.74) is 2.50. The maximum Gasteiger partial charge on any atom is 0.145 e. The number of hydrogen-bond acceptors (Lipinski definition) is 6. The van der Waals surface area contributed by atoms with Gasteiger partial charge in [-0.15, -0.1) is 0 Å². The van der Waals surface area contributed by atoms with Crippen molar-refractivity contribution in [3.05, 3.63) is 12.4 Å². The van der Waals surface area contributed by atoms with Crippen LogP contribution in [-0.2, 0) is 0 Å². The molecule has 0 radical (unpaired) electrons. The first-order chi connectivity index (χ1) is 8.36. The van der Waals surface area contributed by atoms with Crippen LogP contribution in [0.2, 0.25) is 0 Å². The Balaban J connectivity index is 2.09. The van der Waals surface area contributed by atoms with Crippen LogP contribution in [0.15, 0.2) is 12.4 Å². The Morgan fingerprint density at radius 3 is 2.71 bits per heavy atom. The number of thioether (sulfide) groups is 1. The molecule has 17 heavy (non-hydrogen) atoms. The number of anilines is 2. The molecule has 0 unspecified atom stereocenters. The fourth-order valence-corrected chi connectivity index (χ4v) is 1.97. The van der Waals surface area contributed by atoms with Crippen molar-refractivity contribution in [1.29, 1.82) is 0 Å². The molecule has 1 aromatic heterocycles. The lowest BCUT2D eigenvalue weighted by molar-refractivity contribution is 0.688. The summed E-state index contributed by atoms with van der Waals surface area (Å²) in [7, 11) is 0. The third-order valence-corrected chi connectivity index (χ3v) is 3.09. The van der Waals surface area contributed by atoms with Gasteiger partial charge in [0.2, 0.25) is 0 Å². The van der Waals surface area contributed by atoms with Crippen molar-refractivity contribution in [1.82, 2.24) is 9.97 Å². The normalized spacial score (nSPS) is 10.2. The summed E-state index contributed by atoms with van der Waals surface area (Å²) in [5.74, 6) is 7.98. The Morgan fingerprint density at radius 2 is 1.94 bits per heavy atom. The van der Waals surface area contributed by atoms with Gasteiger partial charge in [0.05, 0.1) is 0 Å². The van der Waals surface area contributed by atoms with Crippen molar-refractivity contribution in [3.63, 3.8) is 0 Å². The summed E-state index contributed by atoms with van der Waals surface area (Å²) in [5, 5.41) is 3.26. The lowest BCUT2D eigenvalue weighted by Crippen LogP contribution is -2.10. The number of nitrogens with zero attached hydrogens (tertiary/aromatic N) is 2. The first-order valence-electron chi connectivity index (χ1n) is 5.88. The van der Waals surface area contributed by atoms with Gasteiger partial charge in [-0.05, 0) is 24.9 Å². The highest BCUT2D eigenvalue weighted by Gasteiger charge is 1.96. The van der Waals surface area contributed by atoms with Crippen LogP contribution < -0.4 is 16.6 Å². The molecule has 0 saturated heterocycles. The van der Waals surface area contributed by atoms with Crippen LogP contribution in [0.5, 0.6) is 0 Å². The van der Waals surface area contributed by atoms with Crippen LogP contribution in [-0.4, -0.2) is 28.5 Å². The van der Waals surface area contributed by atoms with E-state index in [-0.39, 0.29) is 0 Å². The van der Waals surface area contributed by atoms with Gasteiger partial charge < -0.3 is 10.7 Å². The molecule has 0 aromatic carbocycles. The first-order valence-corrected chi connectivity index (χ1v) is 7.27. The van der Waals surface area contributed by atoms with E-state index >= 15 is 0 Å². The Hall–Kier alpha value is -1.01. The maximum atomic E-state index is 5.27. The van der Waals surface area contributed by atoms with Crippen molar-refractivity contribution in [3.8, 4) is 0 Å². The van der Waals surface area contributed by atoms with Crippen molar-refractivity contribution in [2.75, 3.05) is 29.3 Å². The zero-order chi connectivity index (χ0) is 12.3. The van der Waals surface area contributed by atoms with Crippen molar-refractivity contribution in [2.24, 2.45) is 5.84 Å². The average molecular weight is 255 g/mol. The molecule has 96 valence electrons. The van der Waals surface area contributed by atoms with Crippen LogP contribution in [0.25, 0.3) is 0 Å². The molecule has 5 nitrogen and oxygen atoms in total. The summed E-state index contributed by atoms with van der Waals surface area (Å²) in [6.07, 6.45) is 8.71. The van der Waals surface area contributed by atoms with Crippen LogP contribution >= 0.6 is 11.8 Å². The van der Waals surface area contributed by atoms with Crippen LogP contribution in [0, 0.1) is 0 Å². The molecular formula is C11H21N5S. The second kappa shape index (κ2) is 9.07. The summed E-state index contributed by atoms with van der Waals surface area (Å²) in [6, 6.07) is 1.80. The monoisotopic (exact) mass is 255 g/mol. The molecule has 1 rings (SSSR count). The molecule has 0 aliphatic rings. The van der Waals surface area contributed by atoms with E-state index in [4.69, 9.17) is 5.84 Å². The summed E-state index contributed by atoms with van der Waals surface area (Å²) >= 11 is 1.92. The molecule has 0 saturated carbocycles. The third kappa shape index (κ3) is 6.33. The zero-order valence-corrected chi connectivity index (χ0v) is 11.1. The molecule has 0 atom stereocenters. The standard InChI is InChI=1S/C11H21N5S/c1-17-7-5-3-2-4-6-13-10-8-11(16-12)15-9-14-10/h8-9H,2-7,12H2,1H3,(H2,13,14,15,16). The number of rotatable bonds is 9. The molecule has 1 aromatic rings. The minimum atomic E-state index is 0.627. The summed E-state index contributed by atoms with van der Waals surface area (Å²) in [6.45, 7) is 0.945. The highest BCUT2D eigenvalue weighted by atomic mass is 32.2. The van der Waals surface area contributed by atoms with Gasteiger partial charge in [0.25, 0.3) is 0 Å². The average Bonchev–Trinajstić information content (AvgIpc) is 2.38. The van der Waals surface area contributed by atoms with Crippen molar-refractivity contribution in [2.45, 2.75) is 25.7 Å². The number of nitrogen functional groups attached to an aromatic ring is 1. The first kappa shape index (κ1) is 14.1. The van der Waals surface area contributed by atoms with Gasteiger partial charge in [-0.3, -0.25) is 0 Å². The zero-order valence-electron chi connectivity index (χ0n) is 10.3. The van der Waals surface area contributed by atoms with Gasteiger partial charge in [0, 0.05) is 12.6 Å². The van der Waals surface area contributed by atoms with Gasteiger partial charge in [-0.1, -0.05) is 12.8 Å². The van der Waals surface area contributed by atoms with E-state index < -0.39 is 0 Å². The van der Waals surface area contributed by atoms with Gasteiger partial charge in [-0.25, -0.2) is 15.8 Å². The lowest BCUT2D eigenvalue weighted by Gasteiger charge is -2.06. The maximum absolute atomic E-state index is 5.27. The number of nitrogens with two attached hydrogens (primary N) is 1. The SMILES string of the molecule is CSCCCCCCNc1cc(NN)ncn1. The van der Waals surface area contributed by atoms with Crippen LogP contribution in [0.1, 0.15) is 25.7 Å². The predicted molar refractivity (Wildman–Crippen MR) is 75.2 cm³/mol. The molecule has 0 fully saturated rings. The fraction of sp³-hybridized carbons (Fsp3) is 0.636. The second-order valence-electron chi connectivity index (χ2n) is 3.77. The molecule has 1 heterocycles. The summed E-state index contributed by atoms with van der Waals surface area (Å²) < 4.78 is 0. The van der Waals surface area contributed by atoms with E-state index in [0.29, 0.717) is 5.82 Å². The van der Waals surface area contributed by atoms with Gasteiger partial charge >= 0.3 is 0 Å². The number of nitrogens with one attached hydrogen (secondary N) is 2. The molecular weight excluding hydrogens is 234 g/mol. The minimum absolute atomic E-state index is 0.627. The Kier molecular flexibility index (Phi) is 7.49. The van der Waals surface area contributed by atoms with Crippen molar-refractivity contribution < 1.29 is 0 Å². The molecule has 0 spiro atoms. The second-order valence-corrected chi connectivity index (χ2v) is 4.75. The van der Waals surface area contributed by atoms with E-state index in [1.165, 1.54) is 37.8 Å². The largest absolute Gasteiger partial charge is 0.370 e. The van der Waals surface area contributed by atoms with E-state index in [1.807, 2.05) is 11.8 Å². The number of aromatic nitrogens is 2. The van der Waals surface area contributed by atoms with Gasteiger partial charge in [0.1, 0.15) is 18.0 Å². The number of unbranched alkanes of at least 4 members (excludes halogenated alkanes) is 3. The van der Waals surface area contributed by atoms with Crippen molar-refractivity contribution >= 4 is 23.4 Å². The Labute approximate surface area is 107 Å². The molecule has 6 heteroatoms. The summed E-state index contributed by atoms with van der Waals surface area (Å²) in [4.78, 5) is 8.06.